The number of Topliss-reactive ketones (excluding diaryl/α,β-unsaturated/α-hetero) is 1. The lowest BCUT2D eigenvalue weighted by molar-refractivity contribution is -0.117. The lowest BCUT2D eigenvalue weighted by atomic mass is 10.1. The van der Waals surface area contributed by atoms with Crippen LogP contribution in [-0.2, 0) is 14.3 Å². The fourth-order valence-electron chi connectivity index (χ4n) is 2.75. The molecule has 0 atom stereocenters. The Hall–Kier alpha value is -3.00. The van der Waals surface area contributed by atoms with Gasteiger partial charge in [-0.05, 0) is 56.5 Å². The van der Waals surface area contributed by atoms with E-state index >= 15 is 0 Å². The van der Waals surface area contributed by atoms with E-state index in [0.29, 0.717) is 21.8 Å². The zero-order valence-electron chi connectivity index (χ0n) is 16.5. The SMILES string of the molecule is CC(=O)Nc1ccc(C(=O)COC(=O)c2c(NC(=O)C3CC3)sc(C)c2C)cc1. The molecule has 152 valence electrons. The summed E-state index contributed by atoms with van der Waals surface area (Å²) in [5.41, 5.74) is 1.98. The normalized spacial score (nSPS) is 12.9. The van der Waals surface area contributed by atoms with E-state index in [4.69, 9.17) is 4.74 Å². The number of benzene rings is 1. The van der Waals surface area contributed by atoms with Gasteiger partial charge in [0.15, 0.2) is 12.4 Å². The van der Waals surface area contributed by atoms with Crippen molar-refractivity contribution in [3.05, 3.63) is 45.8 Å². The van der Waals surface area contributed by atoms with Gasteiger partial charge in [0.05, 0.1) is 5.56 Å². The summed E-state index contributed by atoms with van der Waals surface area (Å²) < 4.78 is 5.23. The summed E-state index contributed by atoms with van der Waals surface area (Å²) in [5, 5.41) is 5.90. The first-order valence-electron chi connectivity index (χ1n) is 9.25. The number of nitrogens with one attached hydrogen (secondary N) is 2. The van der Waals surface area contributed by atoms with Crippen LogP contribution in [-0.4, -0.2) is 30.2 Å². The fourth-order valence-corrected chi connectivity index (χ4v) is 3.80. The smallest absolute Gasteiger partial charge is 0.341 e. The second-order valence-electron chi connectivity index (χ2n) is 7.01. The van der Waals surface area contributed by atoms with Gasteiger partial charge in [-0.25, -0.2) is 4.79 Å². The number of ether oxygens (including phenoxy) is 1. The number of carbonyl (C=O) groups is 4. The number of hydrogen-bond acceptors (Lipinski definition) is 6. The number of rotatable bonds is 7. The number of esters is 1. The molecule has 0 unspecified atom stereocenters. The molecule has 2 amide bonds. The van der Waals surface area contributed by atoms with Crippen LogP contribution in [0.4, 0.5) is 10.7 Å². The van der Waals surface area contributed by atoms with Crippen molar-refractivity contribution < 1.29 is 23.9 Å². The number of hydrogen-bond donors (Lipinski definition) is 2. The largest absolute Gasteiger partial charge is 0.454 e. The second-order valence-corrected chi connectivity index (χ2v) is 8.23. The van der Waals surface area contributed by atoms with E-state index in [1.807, 2.05) is 6.92 Å². The summed E-state index contributed by atoms with van der Waals surface area (Å²) in [4.78, 5) is 49.0. The highest BCUT2D eigenvalue weighted by molar-refractivity contribution is 7.16. The van der Waals surface area contributed by atoms with E-state index in [-0.39, 0.29) is 23.5 Å². The highest BCUT2D eigenvalue weighted by Gasteiger charge is 2.31. The highest BCUT2D eigenvalue weighted by Crippen LogP contribution is 2.36. The van der Waals surface area contributed by atoms with Crippen LogP contribution in [0.15, 0.2) is 24.3 Å². The number of anilines is 2. The molecular weight excluding hydrogens is 392 g/mol. The van der Waals surface area contributed by atoms with Crippen molar-refractivity contribution in [3.8, 4) is 0 Å². The molecule has 0 saturated heterocycles. The summed E-state index contributed by atoms with van der Waals surface area (Å²) in [7, 11) is 0. The van der Waals surface area contributed by atoms with Crippen LogP contribution in [0.2, 0.25) is 0 Å². The van der Waals surface area contributed by atoms with Crippen LogP contribution in [0.3, 0.4) is 0 Å². The number of thiophene rings is 1. The second kappa shape index (κ2) is 8.57. The van der Waals surface area contributed by atoms with Crippen LogP contribution in [0, 0.1) is 19.8 Å². The quantitative estimate of drug-likeness (QED) is 0.531. The topological polar surface area (TPSA) is 102 Å². The molecule has 1 aliphatic carbocycles. The van der Waals surface area contributed by atoms with Crippen LogP contribution in [0.5, 0.6) is 0 Å². The molecule has 1 heterocycles. The van der Waals surface area contributed by atoms with Gasteiger partial charge in [0, 0.05) is 29.0 Å². The van der Waals surface area contributed by atoms with E-state index in [0.717, 1.165) is 23.3 Å². The van der Waals surface area contributed by atoms with E-state index in [1.165, 1.54) is 18.3 Å². The Morgan fingerprint density at radius 3 is 2.31 bits per heavy atom. The molecule has 1 aromatic carbocycles. The van der Waals surface area contributed by atoms with Crippen LogP contribution in [0.25, 0.3) is 0 Å². The van der Waals surface area contributed by atoms with Gasteiger partial charge in [0.25, 0.3) is 0 Å². The van der Waals surface area contributed by atoms with Gasteiger partial charge in [0.1, 0.15) is 5.00 Å². The van der Waals surface area contributed by atoms with Gasteiger partial charge < -0.3 is 15.4 Å². The van der Waals surface area contributed by atoms with Crippen molar-refractivity contribution in [2.45, 2.75) is 33.6 Å². The van der Waals surface area contributed by atoms with Crippen molar-refractivity contribution in [2.24, 2.45) is 5.92 Å². The molecule has 1 fully saturated rings. The third kappa shape index (κ3) is 5.08. The Labute approximate surface area is 172 Å². The Bertz CT molecular complexity index is 974. The van der Waals surface area contributed by atoms with Gasteiger partial charge in [0.2, 0.25) is 11.8 Å². The molecule has 0 radical (unpaired) electrons. The molecule has 1 saturated carbocycles. The van der Waals surface area contributed by atoms with Gasteiger partial charge in [-0.2, -0.15) is 0 Å². The molecular formula is C21H22N2O5S. The minimum Gasteiger partial charge on any atom is -0.454 e. The maximum absolute atomic E-state index is 12.6. The maximum Gasteiger partial charge on any atom is 0.341 e. The zero-order valence-corrected chi connectivity index (χ0v) is 17.3. The minimum absolute atomic E-state index is 0.0172. The number of amides is 2. The average Bonchev–Trinajstić information content (AvgIpc) is 3.47. The first-order chi connectivity index (χ1) is 13.8. The lowest BCUT2D eigenvalue weighted by Crippen LogP contribution is -2.18. The molecule has 1 aromatic heterocycles. The van der Waals surface area contributed by atoms with Crippen LogP contribution < -0.4 is 10.6 Å². The van der Waals surface area contributed by atoms with Crippen LogP contribution in [0.1, 0.15) is 50.9 Å². The van der Waals surface area contributed by atoms with Crippen molar-refractivity contribution in [3.63, 3.8) is 0 Å². The Morgan fingerprint density at radius 2 is 1.72 bits per heavy atom. The molecule has 0 aliphatic heterocycles. The molecule has 1 aliphatic rings. The van der Waals surface area contributed by atoms with E-state index in [9.17, 15) is 19.2 Å². The van der Waals surface area contributed by atoms with Gasteiger partial charge in [-0.3, -0.25) is 14.4 Å². The molecule has 2 N–H and O–H groups in total. The predicted molar refractivity (Wildman–Crippen MR) is 111 cm³/mol. The molecule has 3 rings (SSSR count). The Kier molecular flexibility index (Phi) is 6.12. The Morgan fingerprint density at radius 1 is 1.07 bits per heavy atom. The fraction of sp³-hybridized carbons (Fsp3) is 0.333. The Balaban J connectivity index is 1.65. The van der Waals surface area contributed by atoms with E-state index < -0.39 is 12.6 Å². The van der Waals surface area contributed by atoms with Crippen molar-refractivity contribution >= 4 is 45.6 Å². The molecule has 2 aromatic rings. The van der Waals surface area contributed by atoms with Crippen molar-refractivity contribution in [1.82, 2.24) is 0 Å². The summed E-state index contributed by atoms with van der Waals surface area (Å²) in [5.74, 6) is -1.27. The molecule has 0 bridgehead atoms. The molecule has 7 nitrogen and oxygen atoms in total. The van der Waals surface area contributed by atoms with Crippen molar-refractivity contribution in [1.29, 1.82) is 0 Å². The van der Waals surface area contributed by atoms with Crippen LogP contribution >= 0.6 is 11.3 Å². The summed E-state index contributed by atoms with van der Waals surface area (Å²) >= 11 is 1.33. The standard InChI is InChI=1S/C21H22N2O5S/c1-11-12(2)29-20(23-19(26)15-4-5-15)18(11)21(27)28-10-17(25)14-6-8-16(9-7-14)22-13(3)24/h6-9,15H,4-5,10H2,1-3H3,(H,22,24)(H,23,26). The molecule has 0 spiro atoms. The van der Waals surface area contributed by atoms with E-state index in [2.05, 4.69) is 10.6 Å². The molecule has 8 heteroatoms. The lowest BCUT2D eigenvalue weighted by Gasteiger charge is -2.08. The number of ketones is 1. The summed E-state index contributed by atoms with van der Waals surface area (Å²) in [6.07, 6.45) is 1.73. The van der Waals surface area contributed by atoms with Gasteiger partial charge >= 0.3 is 5.97 Å². The summed E-state index contributed by atoms with van der Waals surface area (Å²) in [6.45, 7) is 4.64. The van der Waals surface area contributed by atoms with Gasteiger partial charge in [-0.15, -0.1) is 11.3 Å². The third-order valence-corrected chi connectivity index (χ3v) is 5.76. The number of carbonyl (C=O) groups excluding carboxylic acids is 4. The first-order valence-corrected chi connectivity index (χ1v) is 10.1. The third-order valence-electron chi connectivity index (χ3n) is 4.64. The summed E-state index contributed by atoms with van der Waals surface area (Å²) in [6, 6.07) is 6.33. The van der Waals surface area contributed by atoms with Gasteiger partial charge in [-0.1, -0.05) is 0 Å². The maximum atomic E-state index is 12.6. The first kappa shape index (κ1) is 20.7. The van der Waals surface area contributed by atoms with Crippen molar-refractivity contribution in [2.75, 3.05) is 17.2 Å². The monoisotopic (exact) mass is 414 g/mol. The average molecular weight is 414 g/mol. The minimum atomic E-state index is -0.638. The van der Waals surface area contributed by atoms with E-state index in [1.54, 1.807) is 31.2 Å². The zero-order chi connectivity index (χ0) is 21.1. The molecule has 29 heavy (non-hydrogen) atoms. The number of aryl methyl sites for hydroxylation is 1. The predicted octanol–water partition coefficient (Wildman–Crippen LogP) is 3.71. The highest BCUT2D eigenvalue weighted by atomic mass is 32.1.